The maximum Gasteiger partial charge on any atom is 0.222 e. The topological polar surface area (TPSA) is 32.8 Å². The van der Waals surface area contributed by atoms with Gasteiger partial charge in [0.25, 0.3) is 0 Å². The SMILES string of the molecule is O=C(CCc1ccccc1)N1CCCN(C[C@@H]2CCCCO2)CC1. The first-order valence-electron chi connectivity index (χ1n) is 9.47. The molecule has 0 saturated carbocycles. The molecule has 1 aromatic rings. The number of carbonyl (C=O) groups is 1. The Balaban J connectivity index is 1.41. The zero-order valence-corrected chi connectivity index (χ0v) is 14.7. The van der Waals surface area contributed by atoms with Gasteiger partial charge in [-0.1, -0.05) is 30.3 Å². The van der Waals surface area contributed by atoms with Crippen molar-refractivity contribution in [2.24, 2.45) is 0 Å². The van der Waals surface area contributed by atoms with E-state index in [0.717, 1.165) is 52.2 Å². The molecule has 2 aliphatic heterocycles. The highest BCUT2D eigenvalue weighted by Gasteiger charge is 2.22. The maximum atomic E-state index is 12.5. The summed E-state index contributed by atoms with van der Waals surface area (Å²) in [4.78, 5) is 17.1. The molecule has 0 bridgehead atoms. The molecule has 0 aliphatic carbocycles. The molecule has 0 unspecified atom stereocenters. The highest BCUT2D eigenvalue weighted by atomic mass is 16.5. The molecule has 4 nitrogen and oxygen atoms in total. The molecule has 4 heteroatoms. The van der Waals surface area contributed by atoms with E-state index in [1.54, 1.807) is 0 Å². The van der Waals surface area contributed by atoms with Crippen LogP contribution in [0.5, 0.6) is 0 Å². The Hall–Kier alpha value is -1.39. The number of benzene rings is 1. The summed E-state index contributed by atoms with van der Waals surface area (Å²) in [5.74, 6) is 0.301. The molecular formula is C20H30N2O2. The van der Waals surface area contributed by atoms with Gasteiger partial charge in [-0.3, -0.25) is 9.69 Å². The maximum absolute atomic E-state index is 12.5. The Morgan fingerprint density at radius 3 is 2.71 bits per heavy atom. The average molecular weight is 330 g/mol. The number of nitrogens with zero attached hydrogens (tertiary/aromatic N) is 2. The fraction of sp³-hybridized carbons (Fsp3) is 0.650. The van der Waals surface area contributed by atoms with E-state index in [9.17, 15) is 4.79 Å². The van der Waals surface area contributed by atoms with Crippen molar-refractivity contribution in [3.8, 4) is 0 Å². The summed E-state index contributed by atoms with van der Waals surface area (Å²) in [7, 11) is 0. The second-order valence-electron chi connectivity index (χ2n) is 7.01. The van der Waals surface area contributed by atoms with Gasteiger partial charge < -0.3 is 9.64 Å². The molecular weight excluding hydrogens is 300 g/mol. The summed E-state index contributed by atoms with van der Waals surface area (Å²) >= 11 is 0. The average Bonchev–Trinajstić information content (AvgIpc) is 2.87. The lowest BCUT2D eigenvalue weighted by Gasteiger charge is -2.29. The summed E-state index contributed by atoms with van der Waals surface area (Å²) in [5.41, 5.74) is 1.25. The van der Waals surface area contributed by atoms with Gasteiger partial charge in [-0.2, -0.15) is 0 Å². The first-order valence-corrected chi connectivity index (χ1v) is 9.47. The molecule has 1 amide bonds. The van der Waals surface area contributed by atoms with Crippen LogP contribution in [-0.2, 0) is 16.0 Å². The van der Waals surface area contributed by atoms with E-state index in [4.69, 9.17) is 4.74 Å². The summed E-state index contributed by atoms with van der Waals surface area (Å²) in [5, 5.41) is 0. The summed E-state index contributed by atoms with van der Waals surface area (Å²) < 4.78 is 5.86. The van der Waals surface area contributed by atoms with E-state index >= 15 is 0 Å². The van der Waals surface area contributed by atoms with E-state index < -0.39 is 0 Å². The van der Waals surface area contributed by atoms with Crippen LogP contribution in [-0.4, -0.2) is 61.1 Å². The minimum atomic E-state index is 0.301. The van der Waals surface area contributed by atoms with Gasteiger partial charge in [-0.25, -0.2) is 0 Å². The number of carbonyl (C=O) groups excluding carboxylic acids is 1. The fourth-order valence-electron chi connectivity index (χ4n) is 3.70. The van der Waals surface area contributed by atoms with Crippen LogP contribution in [0, 0.1) is 0 Å². The highest BCUT2D eigenvalue weighted by molar-refractivity contribution is 5.76. The van der Waals surface area contributed by atoms with Gasteiger partial charge >= 0.3 is 0 Å². The van der Waals surface area contributed by atoms with Crippen LogP contribution in [0.4, 0.5) is 0 Å². The van der Waals surface area contributed by atoms with Crippen LogP contribution in [0.3, 0.4) is 0 Å². The van der Waals surface area contributed by atoms with Gasteiger partial charge in [-0.15, -0.1) is 0 Å². The van der Waals surface area contributed by atoms with E-state index in [1.807, 2.05) is 18.2 Å². The lowest BCUT2D eigenvalue weighted by Crippen LogP contribution is -2.39. The Morgan fingerprint density at radius 1 is 1.04 bits per heavy atom. The van der Waals surface area contributed by atoms with E-state index in [-0.39, 0.29) is 0 Å². The molecule has 0 radical (unpaired) electrons. The monoisotopic (exact) mass is 330 g/mol. The van der Waals surface area contributed by atoms with Crippen molar-refractivity contribution in [2.75, 3.05) is 39.3 Å². The highest BCUT2D eigenvalue weighted by Crippen LogP contribution is 2.15. The summed E-state index contributed by atoms with van der Waals surface area (Å²) in [6.45, 7) is 5.78. The molecule has 0 N–H and O–H groups in total. The molecule has 0 aromatic heterocycles. The lowest BCUT2D eigenvalue weighted by molar-refractivity contribution is -0.131. The third-order valence-electron chi connectivity index (χ3n) is 5.15. The quantitative estimate of drug-likeness (QED) is 0.832. The molecule has 2 aliphatic rings. The normalized spacial score (nSPS) is 23.0. The van der Waals surface area contributed by atoms with Crippen molar-refractivity contribution >= 4 is 5.91 Å². The Morgan fingerprint density at radius 2 is 1.92 bits per heavy atom. The lowest BCUT2D eigenvalue weighted by atomic mass is 10.1. The number of amides is 1. The molecule has 1 aromatic carbocycles. The Kier molecular flexibility index (Phi) is 6.67. The van der Waals surface area contributed by atoms with Gasteiger partial charge in [0.05, 0.1) is 6.10 Å². The van der Waals surface area contributed by atoms with Gasteiger partial charge in [0.2, 0.25) is 5.91 Å². The van der Waals surface area contributed by atoms with Crippen LogP contribution >= 0.6 is 0 Å². The summed E-state index contributed by atoms with van der Waals surface area (Å²) in [6, 6.07) is 10.3. The van der Waals surface area contributed by atoms with Gasteiger partial charge in [0.1, 0.15) is 0 Å². The van der Waals surface area contributed by atoms with E-state index in [2.05, 4.69) is 21.9 Å². The number of hydrogen-bond acceptors (Lipinski definition) is 3. The zero-order valence-electron chi connectivity index (χ0n) is 14.7. The van der Waals surface area contributed by atoms with Gasteiger partial charge in [-0.05, 0) is 44.2 Å². The third kappa shape index (κ3) is 5.32. The Bertz CT molecular complexity index is 500. The molecule has 1 atom stereocenters. The van der Waals surface area contributed by atoms with Crippen molar-refractivity contribution in [3.63, 3.8) is 0 Å². The largest absolute Gasteiger partial charge is 0.377 e. The Labute approximate surface area is 145 Å². The first kappa shape index (κ1) is 17.4. The molecule has 132 valence electrons. The van der Waals surface area contributed by atoms with Crippen molar-refractivity contribution in [2.45, 2.75) is 44.6 Å². The van der Waals surface area contributed by atoms with Gasteiger partial charge in [0, 0.05) is 39.2 Å². The zero-order chi connectivity index (χ0) is 16.6. The van der Waals surface area contributed by atoms with Crippen LogP contribution in [0.25, 0.3) is 0 Å². The second-order valence-corrected chi connectivity index (χ2v) is 7.01. The van der Waals surface area contributed by atoms with Crippen molar-refractivity contribution < 1.29 is 9.53 Å². The van der Waals surface area contributed by atoms with E-state index in [1.165, 1.54) is 24.8 Å². The smallest absolute Gasteiger partial charge is 0.222 e. The molecule has 2 fully saturated rings. The predicted octanol–water partition coefficient (Wildman–Crippen LogP) is 2.72. The molecule has 24 heavy (non-hydrogen) atoms. The number of aryl methyl sites for hydroxylation is 1. The fourth-order valence-corrected chi connectivity index (χ4v) is 3.70. The third-order valence-corrected chi connectivity index (χ3v) is 5.15. The number of rotatable bonds is 5. The number of ether oxygens (including phenoxy) is 1. The standard InChI is InChI=1S/C20H30N2O2/c23-20(11-10-18-7-2-1-3-8-18)22-13-6-12-21(14-15-22)17-19-9-4-5-16-24-19/h1-3,7-8,19H,4-6,9-17H2/t19-/m0/s1. The molecule has 3 rings (SSSR count). The predicted molar refractivity (Wildman–Crippen MR) is 96.0 cm³/mol. The minimum Gasteiger partial charge on any atom is -0.377 e. The molecule has 0 spiro atoms. The summed E-state index contributed by atoms with van der Waals surface area (Å²) in [6.07, 6.45) is 6.63. The van der Waals surface area contributed by atoms with Crippen LogP contribution in [0.1, 0.15) is 37.7 Å². The molecule has 2 heterocycles. The number of hydrogen-bond donors (Lipinski definition) is 0. The van der Waals surface area contributed by atoms with Crippen molar-refractivity contribution in [1.29, 1.82) is 0 Å². The van der Waals surface area contributed by atoms with Crippen molar-refractivity contribution in [1.82, 2.24) is 9.80 Å². The van der Waals surface area contributed by atoms with Crippen molar-refractivity contribution in [3.05, 3.63) is 35.9 Å². The van der Waals surface area contributed by atoms with E-state index in [0.29, 0.717) is 18.4 Å². The first-order chi connectivity index (χ1) is 11.8. The van der Waals surface area contributed by atoms with Crippen LogP contribution in [0.15, 0.2) is 30.3 Å². The van der Waals surface area contributed by atoms with Crippen LogP contribution < -0.4 is 0 Å². The van der Waals surface area contributed by atoms with Gasteiger partial charge in [0.15, 0.2) is 0 Å². The minimum absolute atomic E-state index is 0.301. The van der Waals surface area contributed by atoms with Crippen LogP contribution in [0.2, 0.25) is 0 Å². The second kappa shape index (κ2) is 9.19. The molecule has 2 saturated heterocycles.